The number of aromatic nitrogens is 2. The number of hydrogen-bond donors (Lipinski definition) is 1. The number of fused-ring (bicyclic) bond motifs is 1. The van der Waals surface area contributed by atoms with Crippen LogP contribution in [-0.2, 0) is 14.3 Å². The van der Waals surface area contributed by atoms with Crippen LogP contribution in [0, 0.1) is 11.7 Å². The van der Waals surface area contributed by atoms with Crippen molar-refractivity contribution in [3.8, 4) is 10.6 Å². The lowest BCUT2D eigenvalue weighted by Gasteiger charge is -2.30. The third-order valence-electron chi connectivity index (χ3n) is 6.56. The Morgan fingerprint density at radius 3 is 2.85 bits per heavy atom. The predicted octanol–water partition coefficient (Wildman–Crippen LogP) is 2.42. The summed E-state index contributed by atoms with van der Waals surface area (Å²) in [6.45, 7) is 0.150. The van der Waals surface area contributed by atoms with Crippen molar-refractivity contribution in [2.45, 2.75) is 49.2 Å². The minimum Gasteiger partial charge on any atom is -0.366 e. The van der Waals surface area contributed by atoms with Crippen molar-refractivity contribution in [3.05, 3.63) is 35.4 Å². The highest BCUT2D eigenvalue weighted by atomic mass is 35.5. The van der Waals surface area contributed by atoms with Crippen LogP contribution in [0.2, 0.25) is 0 Å². The van der Waals surface area contributed by atoms with Crippen molar-refractivity contribution in [1.29, 1.82) is 0 Å². The number of likely N-dealkylation sites (tertiary alicyclic amines) is 1. The Hall–Kier alpha value is -2.43. The van der Waals surface area contributed by atoms with E-state index in [1.54, 1.807) is 12.1 Å². The molecule has 5 rings (SSSR count). The zero-order valence-electron chi connectivity index (χ0n) is 17.6. The molecule has 11 heteroatoms. The molecule has 8 nitrogen and oxygen atoms in total. The molecule has 1 saturated carbocycles. The summed E-state index contributed by atoms with van der Waals surface area (Å²) >= 11 is 7.45. The second-order valence-electron chi connectivity index (χ2n) is 8.57. The molecule has 3 aliphatic rings. The van der Waals surface area contributed by atoms with Gasteiger partial charge in [-0.05, 0) is 30.9 Å². The van der Waals surface area contributed by atoms with Gasteiger partial charge in [-0.1, -0.05) is 12.8 Å². The quantitative estimate of drug-likeness (QED) is 0.643. The molecular weight excluding hydrogens is 471 g/mol. The van der Waals surface area contributed by atoms with E-state index in [9.17, 15) is 18.8 Å². The summed E-state index contributed by atoms with van der Waals surface area (Å²) in [5.74, 6) is -1.48. The van der Waals surface area contributed by atoms with Gasteiger partial charge in [0.1, 0.15) is 36.8 Å². The number of nitrogens with one attached hydrogen (secondary N) is 1. The van der Waals surface area contributed by atoms with E-state index >= 15 is 0 Å². The first-order valence-electron chi connectivity index (χ1n) is 10.9. The van der Waals surface area contributed by atoms with Crippen LogP contribution in [0.3, 0.4) is 0 Å². The van der Waals surface area contributed by atoms with Gasteiger partial charge >= 0.3 is 0 Å². The molecule has 1 aliphatic carbocycles. The third kappa shape index (κ3) is 4.15. The fraction of sp³-hybridized carbons (Fsp3) is 0.500. The highest BCUT2D eigenvalue weighted by Crippen LogP contribution is 2.35. The van der Waals surface area contributed by atoms with Crippen LogP contribution < -0.4 is 5.32 Å². The number of nitrogens with zero attached hydrogens (tertiary/aromatic N) is 3. The largest absolute Gasteiger partial charge is 0.366 e. The predicted molar refractivity (Wildman–Crippen MR) is 118 cm³/mol. The van der Waals surface area contributed by atoms with E-state index in [-0.39, 0.29) is 36.5 Å². The number of hydrogen-bond acceptors (Lipinski definition) is 7. The molecule has 0 bridgehead atoms. The number of carbonyl (C=O) groups excluding carboxylic acids is 3. The Kier molecular flexibility index (Phi) is 6.15. The van der Waals surface area contributed by atoms with E-state index in [2.05, 4.69) is 15.3 Å². The van der Waals surface area contributed by atoms with Gasteiger partial charge in [0.15, 0.2) is 11.6 Å². The van der Waals surface area contributed by atoms with Gasteiger partial charge < -0.3 is 15.0 Å². The SMILES string of the molecule is O=C(N[C@H](C(=O)N1C[C@H](Cl)[C@H]2OCC(=O)[C@H]21)C1CCCC1)c1ccc(-c2ncncc2F)s1. The molecule has 3 fully saturated rings. The van der Waals surface area contributed by atoms with Crippen LogP contribution in [-0.4, -0.2) is 69.2 Å². The summed E-state index contributed by atoms with van der Waals surface area (Å²) < 4.78 is 19.5. The standard InChI is InChI=1S/C22H22ClFN4O4S/c23-12-8-28(19-14(29)9-32-20(12)19)22(31)17(11-3-1-2-4-11)27-21(30)16-6-5-15(33-16)18-13(24)7-25-10-26-18/h5-7,10-12,17,19-20H,1-4,8-9H2,(H,27,30)/t12-,17-,19+,20+/m0/s1. The molecule has 2 aromatic heterocycles. The number of rotatable bonds is 5. The minimum absolute atomic E-state index is 0.0227. The van der Waals surface area contributed by atoms with Gasteiger partial charge in [0, 0.05) is 6.54 Å². The number of ether oxygens (including phenoxy) is 1. The van der Waals surface area contributed by atoms with Crippen LogP contribution in [0.1, 0.15) is 35.4 Å². The van der Waals surface area contributed by atoms with Crippen LogP contribution in [0.25, 0.3) is 10.6 Å². The van der Waals surface area contributed by atoms with Gasteiger partial charge in [-0.25, -0.2) is 14.4 Å². The summed E-state index contributed by atoms with van der Waals surface area (Å²) in [7, 11) is 0. The first-order chi connectivity index (χ1) is 15.9. The van der Waals surface area contributed by atoms with E-state index in [0.29, 0.717) is 9.75 Å². The monoisotopic (exact) mass is 492 g/mol. The Morgan fingerprint density at radius 1 is 1.30 bits per heavy atom. The van der Waals surface area contributed by atoms with Crippen LogP contribution in [0.15, 0.2) is 24.7 Å². The van der Waals surface area contributed by atoms with Gasteiger partial charge in [0.25, 0.3) is 5.91 Å². The lowest BCUT2D eigenvalue weighted by molar-refractivity contribution is -0.139. The number of amides is 2. The van der Waals surface area contributed by atoms with Gasteiger partial charge in [-0.3, -0.25) is 14.4 Å². The van der Waals surface area contributed by atoms with Crippen LogP contribution in [0.4, 0.5) is 4.39 Å². The maximum Gasteiger partial charge on any atom is 0.262 e. The Morgan fingerprint density at radius 2 is 2.09 bits per heavy atom. The van der Waals surface area contributed by atoms with Gasteiger partial charge in [0.05, 0.1) is 21.3 Å². The molecule has 2 saturated heterocycles. The van der Waals surface area contributed by atoms with E-state index in [1.807, 2.05) is 0 Å². The first-order valence-corrected chi connectivity index (χ1v) is 12.1. The summed E-state index contributed by atoms with van der Waals surface area (Å²) in [5, 5.41) is 2.43. The highest BCUT2D eigenvalue weighted by Gasteiger charge is 2.53. The maximum atomic E-state index is 14.0. The molecule has 4 atom stereocenters. The minimum atomic E-state index is -0.766. The number of ketones is 1. The molecule has 4 heterocycles. The van der Waals surface area contributed by atoms with Crippen molar-refractivity contribution >= 4 is 40.5 Å². The molecule has 0 aromatic carbocycles. The maximum absolute atomic E-state index is 14.0. The molecular formula is C22H22ClFN4O4S. The molecule has 33 heavy (non-hydrogen) atoms. The first kappa shape index (κ1) is 22.4. The number of carbonyl (C=O) groups is 3. The summed E-state index contributed by atoms with van der Waals surface area (Å²) in [6, 6.07) is 1.74. The highest BCUT2D eigenvalue weighted by molar-refractivity contribution is 7.17. The fourth-order valence-electron chi connectivity index (χ4n) is 4.97. The Balaban J connectivity index is 1.37. The van der Waals surface area contributed by atoms with Crippen molar-refractivity contribution in [3.63, 3.8) is 0 Å². The molecule has 0 spiro atoms. The smallest absolute Gasteiger partial charge is 0.262 e. The van der Waals surface area contributed by atoms with E-state index in [4.69, 9.17) is 16.3 Å². The fourth-order valence-corrected chi connectivity index (χ4v) is 6.23. The molecule has 2 amide bonds. The lowest BCUT2D eigenvalue weighted by atomic mass is 9.96. The second-order valence-corrected chi connectivity index (χ2v) is 10.2. The second kappa shape index (κ2) is 9.08. The Bertz CT molecular complexity index is 1090. The molecule has 1 N–H and O–H groups in total. The normalized spacial score (nSPS) is 25.9. The topological polar surface area (TPSA) is 101 Å². The van der Waals surface area contributed by atoms with Gasteiger partial charge in [-0.2, -0.15) is 0 Å². The van der Waals surface area contributed by atoms with Crippen LogP contribution >= 0.6 is 22.9 Å². The summed E-state index contributed by atoms with van der Waals surface area (Å²) in [4.78, 5) is 49.0. The summed E-state index contributed by atoms with van der Waals surface area (Å²) in [5.41, 5.74) is 0.119. The van der Waals surface area contributed by atoms with Crippen molar-refractivity contribution in [1.82, 2.24) is 20.2 Å². The van der Waals surface area contributed by atoms with Crippen molar-refractivity contribution in [2.75, 3.05) is 13.2 Å². The lowest BCUT2D eigenvalue weighted by Crippen LogP contribution is -2.54. The van der Waals surface area contributed by atoms with Crippen molar-refractivity contribution < 1.29 is 23.5 Å². The number of alkyl halides is 1. The molecule has 0 unspecified atom stereocenters. The number of Topliss-reactive ketones (excluding diaryl/α,β-unsaturated/α-hetero) is 1. The van der Waals surface area contributed by atoms with E-state index in [0.717, 1.165) is 43.2 Å². The molecule has 0 radical (unpaired) electrons. The molecule has 174 valence electrons. The van der Waals surface area contributed by atoms with E-state index < -0.39 is 35.3 Å². The van der Waals surface area contributed by atoms with Gasteiger partial charge in [0.2, 0.25) is 5.91 Å². The average Bonchev–Trinajstić information content (AvgIpc) is 3.59. The number of thiophene rings is 1. The van der Waals surface area contributed by atoms with Crippen molar-refractivity contribution in [2.24, 2.45) is 5.92 Å². The molecule has 2 aliphatic heterocycles. The van der Waals surface area contributed by atoms with E-state index in [1.165, 1.54) is 11.2 Å². The zero-order valence-corrected chi connectivity index (χ0v) is 19.2. The van der Waals surface area contributed by atoms with Gasteiger partial charge in [-0.15, -0.1) is 22.9 Å². The third-order valence-corrected chi connectivity index (χ3v) is 8.04. The number of halogens is 2. The zero-order chi connectivity index (χ0) is 23.1. The average molecular weight is 493 g/mol. The van der Waals surface area contributed by atoms with Crippen LogP contribution in [0.5, 0.6) is 0 Å². The Labute approximate surface area is 198 Å². The summed E-state index contributed by atoms with van der Waals surface area (Å²) in [6.07, 6.45) is 5.39. The molecule has 2 aromatic rings.